The van der Waals surface area contributed by atoms with Crippen LogP contribution in [0.15, 0.2) is 18.2 Å². The van der Waals surface area contributed by atoms with Crippen LogP contribution in [0.2, 0.25) is 0 Å². The van der Waals surface area contributed by atoms with Crippen molar-refractivity contribution in [2.75, 3.05) is 0 Å². The molecule has 1 aromatic rings. The van der Waals surface area contributed by atoms with Crippen LogP contribution in [0.3, 0.4) is 0 Å². The van der Waals surface area contributed by atoms with Gasteiger partial charge in [0.1, 0.15) is 6.07 Å². The fourth-order valence-corrected chi connectivity index (χ4v) is 1.28. The van der Waals surface area contributed by atoms with Crippen molar-refractivity contribution < 1.29 is 0 Å². The number of nitrogens with zero attached hydrogens (tertiary/aromatic N) is 2. The summed E-state index contributed by atoms with van der Waals surface area (Å²) >= 11 is 2.04. The minimum Gasteiger partial charge on any atom is -0.238 e. The van der Waals surface area contributed by atoms with Crippen molar-refractivity contribution in [2.45, 2.75) is 0 Å². The van der Waals surface area contributed by atoms with Gasteiger partial charge in [-0.1, -0.05) is 12.1 Å². The van der Waals surface area contributed by atoms with Crippen LogP contribution < -0.4 is 0 Å². The molecule has 11 heavy (non-hydrogen) atoms. The Morgan fingerprint density at radius 1 is 1.55 bits per heavy atom. The quantitative estimate of drug-likeness (QED) is 0.516. The van der Waals surface area contributed by atoms with Crippen LogP contribution >= 0.6 is 22.6 Å². The van der Waals surface area contributed by atoms with Crippen molar-refractivity contribution in [3.05, 3.63) is 38.7 Å². The van der Waals surface area contributed by atoms with Crippen LogP contribution in [0.25, 0.3) is 4.85 Å². The van der Waals surface area contributed by atoms with Crippen LogP contribution in [0.5, 0.6) is 0 Å². The molecule has 2 nitrogen and oxygen atoms in total. The number of halogens is 1. The summed E-state index contributed by atoms with van der Waals surface area (Å²) in [5.41, 5.74) is 1.20. The molecular formula is C8H3IN2. The molecule has 0 fully saturated rings. The molecule has 0 atom stereocenters. The molecule has 0 amide bonds. The molecule has 0 saturated heterocycles. The fraction of sp³-hybridized carbons (Fsp3) is 0. The number of rotatable bonds is 0. The summed E-state index contributed by atoms with van der Waals surface area (Å²) < 4.78 is 0.832. The monoisotopic (exact) mass is 254 g/mol. The molecule has 0 heterocycles. The third kappa shape index (κ3) is 1.69. The van der Waals surface area contributed by atoms with E-state index in [4.69, 9.17) is 11.8 Å². The van der Waals surface area contributed by atoms with Crippen molar-refractivity contribution in [3.63, 3.8) is 0 Å². The van der Waals surface area contributed by atoms with Crippen LogP contribution in [-0.4, -0.2) is 0 Å². The Kier molecular flexibility index (Phi) is 2.45. The molecule has 0 aliphatic rings. The zero-order valence-corrected chi connectivity index (χ0v) is 7.66. The molecule has 3 heteroatoms. The predicted octanol–water partition coefficient (Wildman–Crippen LogP) is 2.71. The van der Waals surface area contributed by atoms with Gasteiger partial charge in [0.25, 0.3) is 0 Å². The third-order valence-corrected chi connectivity index (χ3v) is 2.09. The molecule has 1 rings (SSSR count). The molecule has 0 bridgehead atoms. The normalized spacial score (nSPS) is 8.27. The molecule has 52 valence electrons. The molecule has 0 aliphatic heterocycles. The molecule has 0 unspecified atom stereocenters. The molecule has 0 aromatic heterocycles. The van der Waals surface area contributed by atoms with E-state index in [1.807, 2.05) is 28.7 Å². The number of hydrogen-bond donors (Lipinski definition) is 0. The minimum absolute atomic E-state index is 0.577. The maximum absolute atomic E-state index is 8.55. The second-order valence-corrected chi connectivity index (χ2v) is 3.05. The maximum Gasteiger partial charge on any atom is 0.188 e. The molecular weight excluding hydrogens is 251 g/mol. The average molecular weight is 254 g/mol. The lowest BCUT2D eigenvalue weighted by Crippen LogP contribution is -1.78. The van der Waals surface area contributed by atoms with Gasteiger partial charge in [0.2, 0.25) is 0 Å². The number of benzene rings is 1. The van der Waals surface area contributed by atoms with Gasteiger partial charge in [0.05, 0.1) is 12.1 Å². The van der Waals surface area contributed by atoms with Gasteiger partial charge >= 0.3 is 0 Å². The summed E-state index contributed by atoms with van der Waals surface area (Å²) in [5, 5.41) is 8.55. The first-order valence-electron chi connectivity index (χ1n) is 2.85. The Bertz CT molecular complexity index is 357. The van der Waals surface area contributed by atoms with Crippen molar-refractivity contribution in [1.82, 2.24) is 0 Å². The molecule has 1 aromatic carbocycles. The fourth-order valence-electron chi connectivity index (χ4n) is 0.664. The van der Waals surface area contributed by atoms with E-state index >= 15 is 0 Å². The largest absolute Gasteiger partial charge is 0.238 e. The highest BCUT2D eigenvalue weighted by atomic mass is 127. The topological polar surface area (TPSA) is 28.1 Å². The summed E-state index contributed by atoms with van der Waals surface area (Å²) in [6, 6.07) is 7.05. The smallest absolute Gasteiger partial charge is 0.188 e. The van der Waals surface area contributed by atoms with E-state index in [0.717, 1.165) is 3.57 Å². The molecule has 0 saturated carbocycles. The third-order valence-electron chi connectivity index (χ3n) is 1.20. The zero-order chi connectivity index (χ0) is 8.27. The van der Waals surface area contributed by atoms with E-state index < -0.39 is 0 Å². The van der Waals surface area contributed by atoms with Gasteiger partial charge in [-0.25, -0.2) is 4.85 Å². The lowest BCUT2D eigenvalue weighted by molar-refractivity contribution is 1.47. The standard InChI is InChI=1S/C8H3IN2/c1-11-7-3-2-6(5-10)8(9)4-7/h2-4H. The average Bonchev–Trinajstić information content (AvgIpc) is 2.04. The van der Waals surface area contributed by atoms with Crippen molar-refractivity contribution in [1.29, 1.82) is 5.26 Å². The van der Waals surface area contributed by atoms with Crippen molar-refractivity contribution >= 4 is 28.3 Å². The second kappa shape index (κ2) is 3.36. The van der Waals surface area contributed by atoms with Gasteiger partial charge in [-0.05, 0) is 28.7 Å². The van der Waals surface area contributed by atoms with E-state index in [2.05, 4.69) is 4.85 Å². The summed E-state index contributed by atoms with van der Waals surface area (Å²) in [7, 11) is 0. The first-order valence-corrected chi connectivity index (χ1v) is 3.93. The first kappa shape index (κ1) is 8.03. The number of hydrogen-bond acceptors (Lipinski definition) is 1. The zero-order valence-electron chi connectivity index (χ0n) is 5.50. The highest BCUT2D eigenvalue weighted by molar-refractivity contribution is 14.1. The maximum atomic E-state index is 8.55. The Hall–Kier alpha value is -1.07. The van der Waals surface area contributed by atoms with Crippen molar-refractivity contribution in [3.8, 4) is 6.07 Å². The lowest BCUT2D eigenvalue weighted by atomic mass is 10.2. The van der Waals surface area contributed by atoms with E-state index in [0.29, 0.717) is 11.3 Å². The minimum atomic E-state index is 0.577. The van der Waals surface area contributed by atoms with Crippen LogP contribution in [0.1, 0.15) is 5.56 Å². The van der Waals surface area contributed by atoms with Gasteiger partial charge in [-0.3, -0.25) is 0 Å². The molecule has 0 spiro atoms. The van der Waals surface area contributed by atoms with Crippen LogP contribution in [0, 0.1) is 21.5 Å². The summed E-state index contributed by atoms with van der Waals surface area (Å²) in [5.74, 6) is 0. The Morgan fingerprint density at radius 2 is 2.27 bits per heavy atom. The van der Waals surface area contributed by atoms with Crippen LogP contribution in [-0.2, 0) is 0 Å². The molecule has 0 N–H and O–H groups in total. The van der Waals surface area contributed by atoms with Crippen molar-refractivity contribution in [2.24, 2.45) is 0 Å². The Morgan fingerprint density at radius 3 is 2.73 bits per heavy atom. The van der Waals surface area contributed by atoms with E-state index in [-0.39, 0.29) is 0 Å². The Balaban J connectivity index is 3.25. The SMILES string of the molecule is [C-]#[N+]c1ccc(C#N)c(I)c1. The number of nitriles is 1. The lowest BCUT2D eigenvalue weighted by Gasteiger charge is -1.93. The van der Waals surface area contributed by atoms with Gasteiger partial charge in [0.15, 0.2) is 5.69 Å². The highest BCUT2D eigenvalue weighted by Crippen LogP contribution is 2.18. The van der Waals surface area contributed by atoms with E-state index in [1.165, 1.54) is 0 Å². The van der Waals surface area contributed by atoms with Crippen LogP contribution in [0.4, 0.5) is 5.69 Å². The van der Waals surface area contributed by atoms with Gasteiger partial charge in [-0.15, -0.1) is 0 Å². The van der Waals surface area contributed by atoms with E-state index in [1.54, 1.807) is 18.2 Å². The van der Waals surface area contributed by atoms with Gasteiger partial charge in [0, 0.05) is 3.57 Å². The predicted molar refractivity (Wildman–Crippen MR) is 50.1 cm³/mol. The summed E-state index contributed by atoms with van der Waals surface area (Å²) in [6.07, 6.45) is 0. The summed E-state index contributed by atoms with van der Waals surface area (Å²) in [4.78, 5) is 3.24. The Labute approximate surface area is 78.4 Å². The molecule has 0 radical (unpaired) electrons. The first-order chi connectivity index (χ1) is 5.27. The summed E-state index contributed by atoms with van der Waals surface area (Å²) in [6.45, 7) is 6.71. The highest BCUT2D eigenvalue weighted by Gasteiger charge is 1.98. The van der Waals surface area contributed by atoms with Gasteiger partial charge in [-0.2, -0.15) is 5.26 Å². The molecule has 0 aliphatic carbocycles. The second-order valence-electron chi connectivity index (χ2n) is 1.89. The van der Waals surface area contributed by atoms with E-state index in [9.17, 15) is 0 Å². The van der Waals surface area contributed by atoms with Gasteiger partial charge < -0.3 is 0 Å².